The summed E-state index contributed by atoms with van der Waals surface area (Å²) >= 11 is 0. The van der Waals surface area contributed by atoms with E-state index >= 15 is 0 Å². The summed E-state index contributed by atoms with van der Waals surface area (Å²) in [7, 11) is -3.82. The highest BCUT2D eigenvalue weighted by atomic mass is 32.2. The van der Waals surface area contributed by atoms with Crippen LogP contribution >= 0.6 is 0 Å². The predicted molar refractivity (Wildman–Crippen MR) is 107 cm³/mol. The number of benzene rings is 1. The standard InChI is InChI=1S/C14H14N2O5S.C5H12/c1-10-7-8-12(13(17)16(10)14(18)19)15-22(20,21)9-11-5-3-2-4-6-11;1-5(2,3)4/h2-8,15H,9H2,1H3,(H,18,19);1-4H3. The van der Waals surface area contributed by atoms with Crippen LogP contribution in [0.2, 0.25) is 0 Å². The molecule has 0 unspecified atom stereocenters. The maximum absolute atomic E-state index is 12.1. The summed E-state index contributed by atoms with van der Waals surface area (Å²) in [5, 5.41) is 8.99. The molecule has 1 aromatic heterocycles. The van der Waals surface area contributed by atoms with Crippen molar-refractivity contribution in [3.8, 4) is 0 Å². The number of carboxylic acid groups (broad SMARTS) is 1. The molecule has 2 N–H and O–H groups in total. The molecule has 0 atom stereocenters. The highest BCUT2D eigenvalue weighted by Gasteiger charge is 2.17. The quantitative estimate of drug-likeness (QED) is 0.823. The van der Waals surface area contributed by atoms with E-state index in [-0.39, 0.29) is 17.1 Å². The van der Waals surface area contributed by atoms with Crippen LogP contribution in [0.1, 0.15) is 39.0 Å². The fraction of sp³-hybridized carbons (Fsp3) is 0.368. The van der Waals surface area contributed by atoms with Crippen LogP contribution in [-0.2, 0) is 15.8 Å². The van der Waals surface area contributed by atoms with Crippen molar-refractivity contribution in [3.63, 3.8) is 0 Å². The molecule has 0 aliphatic rings. The lowest BCUT2D eigenvalue weighted by molar-refractivity contribution is 0.194. The van der Waals surface area contributed by atoms with Crippen LogP contribution in [0.4, 0.5) is 10.5 Å². The number of nitrogens with zero attached hydrogens (tertiary/aromatic N) is 1. The smallest absolute Gasteiger partial charge is 0.418 e. The third kappa shape index (κ3) is 8.08. The lowest BCUT2D eigenvalue weighted by atomic mass is 10.0. The van der Waals surface area contributed by atoms with E-state index in [0.717, 1.165) is 0 Å². The Labute approximate surface area is 159 Å². The Morgan fingerprint density at radius 3 is 2.07 bits per heavy atom. The summed E-state index contributed by atoms with van der Waals surface area (Å²) in [4.78, 5) is 23.1. The maximum Gasteiger partial charge on any atom is 0.418 e. The Balaban J connectivity index is 0.000000646. The van der Waals surface area contributed by atoms with E-state index in [1.807, 2.05) is 0 Å². The summed E-state index contributed by atoms with van der Waals surface area (Å²) in [5.74, 6) is -0.311. The third-order valence-corrected chi connectivity index (χ3v) is 4.18. The molecule has 1 heterocycles. The summed E-state index contributed by atoms with van der Waals surface area (Å²) in [6.45, 7) is 10.2. The second-order valence-corrected chi connectivity index (χ2v) is 9.38. The predicted octanol–water partition coefficient (Wildman–Crippen LogP) is 3.68. The maximum atomic E-state index is 12.1. The first-order chi connectivity index (χ1) is 12.3. The number of nitrogens with one attached hydrogen (secondary N) is 1. The van der Waals surface area contributed by atoms with Gasteiger partial charge in [0.1, 0.15) is 5.69 Å². The number of aryl methyl sites for hydroxylation is 1. The minimum absolute atomic E-state index is 0.198. The van der Waals surface area contributed by atoms with E-state index in [0.29, 0.717) is 15.5 Å². The Morgan fingerprint density at radius 2 is 1.59 bits per heavy atom. The van der Waals surface area contributed by atoms with Crippen molar-refractivity contribution in [2.75, 3.05) is 4.72 Å². The summed E-state index contributed by atoms with van der Waals surface area (Å²) < 4.78 is 26.8. The number of rotatable bonds is 4. The van der Waals surface area contributed by atoms with Gasteiger partial charge in [0, 0.05) is 5.69 Å². The van der Waals surface area contributed by atoms with Gasteiger partial charge in [-0.1, -0.05) is 58.0 Å². The molecule has 0 spiro atoms. The van der Waals surface area contributed by atoms with Gasteiger partial charge in [0.15, 0.2) is 0 Å². The lowest BCUT2D eigenvalue weighted by Crippen LogP contribution is -2.31. The van der Waals surface area contributed by atoms with E-state index < -0.39 is 21.7 Å². The zero-order valence-corrected chi connectivity index (χ0v) is 17.0. The van der Waals surface area contributed by atoms with E-state index in [9.17, 15) is 18.0 Å². The van der Waals surface area contributed by atoms with Crippen LogP contribution < -0.4 is 10.3 Å². The first kappa shape index (κ1) is 22.4. The van der Waals surface area contributed by atoms with Gasteiger partial charge >= 0.3 is 6.09 Å². The number of carbonyl (C=O) groups is 1. The molecule has 2 aromatic rings. The third-order valence-electron chi connectivity index (χ3n) is 2.93. The van der Waals surface area contributed by atoms with Crippen molar-refractivity contribution >= 4 is 21.8 Å². The average molecular weight is 394 g/mol. The normalized spacial score (nSPS) is 11.3. The lowest BCUT2D eigenvalue weighted by Gasteiger charge is -2.10. The average Bonchev–Trinajstić information content (AvgIpc) is 2.49. The molecular formula is C19H26N2O5S. The van der Waals surface area contributed by atoms with E-state index in [4.69, 9.17) is 5.11 Å². The van der Waals surface area contributed by atoms with Gasteiger partial charge in [-0.25, -0.2) is 17.8 Å². The van der Waals surface area contributed by atoms with Gasteiger partial charge in [-0.05, 0) is 30.0 Å². The van der Waals surface area contributed by atoms with Crippen molar-refractivity contribution in [1.82, 2.24) is 4.57 Å². The molecule has 2 rings (SSSR count). The minimum Gasteiger partial charge on any atom is -0.464 e. The molecule has 7 nitrogen and oxygen atoms in total. The van der Waals surface area contributed by atoms with Gasteiger partial charge in [0.2, 0.25) is 10.0 Å². The van der Waals surface area contributed by atoms with Gasteiger partial charge in [-0.2, -0.15) is 0 Å². The number of anilines is 1. The SMILES string of the molecule is CC(C)(C)C.Cc1ccc(NS(=O)(=O)Cc2ccccc2)c(=O)n1C(=O)O. The molecule has 0 saturated carbocycles. The molecule has 27 heavy (non-hydrogen) atoms. The Hall–Kier alpha value is -2.61. The minimum atomic E-state index is -3.82. The summed E-state index contributed by atoms with van der Waals surface area (Å²) in [6, 6.07) is 11.1. The van der Waals surface area contributed by atoms with Crippen molar-refractivity contribution in [1.29, 1.82) is 0 Å². The molecule has 1 aromatic carbocycles. The first-order valence-corrected chi connectivity index (χ1v) is 9.96. The van der Waals surface area contributed by atoms with Crippen molar-refractivity contribution in [2.24, 2.45) is 5.41 Å². The van der Waals surface area contributed by atoms with E-state index in [2.05, 4.69) is 32.4 Å². The monoisotopic (exact) mass is 394 g/mol. The molecule has 0 fully saturated rings. The molecule has 0 amide bonds. The van der Waals surface area contributed by atoms with Crippen molar-refractivity contribution in [2.45, 2.75) is 40.4 Å². The van der Waals surface area contributed by atoms with Gasteiger partial charge < -0.3 is 5.11 Å². The first-order valence-electron chi connectivity index (χ1n) is 8.30. The highest BCUT2D eigenvalue weighted by Crippen LogP contribution is 2.10. The van der Waals surface area contributed by atoms with Crippen LogP contribution in [0.3, 0.4) is 0 Å². The number of sulfonamides is 1. The second-order valence-electron chi connectivity index (χ2n) is 7.66. The van der Waals surface area contributed by atoms with Crippen molar-refractivity contribution < 1.29 is 18.3 Å². The van der Waals surface area contributed by atoms with Gasteiger partial charge in [-0.15, -0.1) is 0 Å². The molecule has 0 saturated heterocycles. The summed E-state index contributed by atoms with van der Waals surface area (Å²) in [6.07, 6.45) is -1.47. The van der Waals surface area contributed by atoms with Crippen LogP contribution in [-0.4, -0.2) is 24.2 Å². The van der Waals surface area contributed by atoms with E-state index in [1.54, 1.807) is 30.3 Å². The number of hydrogen-bond acceptors (Lipinski definition) is 4. The number of aromatic nitrogens is 1. The zero-order valence-electron chi connectivity index (χ0n) is 16.2. The van der Waals surface area contributed by atoms with Crippen molar-refractivity contribution in [3.05, 3.63) is 64.1 Å². The number of hydrogen-bond donors (Lipinski definition) is 2. The van der Waals surface area contributed by atoms with Gasteiger partial charge in [0.25, 0.3) is 5.56 Å². The zero-order chi connectivity index (χ0) is 20.8. The fourth-order valence-corrected chi connectivity index (χ4v) is 3.14. The summed E-state index contributed by atoms with van der Waals surface area (Å²) in [5.41, 5.74) is 0.0252. The van der Waals surface area contributed by atoms with Crippen LogP contribution in [0.25, 0.3) is 0 Å². The topological polar surface area (TPSA) is 105 Å². The van der Waals surface area contributed by atoms with E-state index in [1.165, 1.54) is 19.1 Å². The molecule has 8 heteroatoms. The van der Waals surface area contributed by atoms with Crippen LogP contribution in [0, 0.1) is 12.3 Å². The highest BCUT2D eigenvalue weighted by molar-refractivity contribution is 7.91. The largest absolute Gasteiger partial charge is 0.464 e. The Bertz CT molecular complexity index is 936. The number of pyridine rings is 1. The van der Waals surface area contributed by atoms with Crippen LogP contribution in [0.5, 0.6) is 0 Å². The fourth-order valence-electron chi connectivity index (χ4n) is 1.94. The molecular weight excluding hydrogens is 368 g/mol. The van der Waals surface area contributed by atoms with Gasteiger partial charge in [-0.3, -0.25) is 9.52 Å². The molecule has 148 valence electrons. The Kier molecular flexibility index (Phi) is 7.36. The molecule has 0 bridgehead atoms. The Morgan fingerprint density at radius 1 is 1.07 bits per heavy atom. The van der Waals surface area contributed by atoms with Gasteiger partial charge in [0.05, 0.1) is 5.75 Å². The molecule has 0 aliphatic carbocycles. The molecule has 0 radical (unpaired) electrons. The van der Waals surface area contributed by atoms with Crippen LogP contribution in [0.15, 0.2) is 47.3 Å². The second kappa shape index (κ2) is 8.85. The molecule has 0 aliphatic heterocycles.